The first-order chi connectivity index (χ1) is 11.6. The molecule has 1 N–H and O–H groups in total. The molecule has 0 aromatic carbocycles. The number of aromatic nitrogens is 4. The van der Waals surface area contributed by atoms with E-state index in [-0.39, 0.29) is 18.2 Å². The second-order valence-electron chi connectivity index (χ2n) is 5.94. The largest absolute Gasteiger partial charge is 0.481 e. The molecule has 8 heteroatoms. The van der Waals surface area contributed by atoms with E-state index in [4.69, 9.17) is 5.11 Å². The van der Waals surface area contributed by atoms with Crippen molar-refractivity contribution in [3.8, 4) is 5.82 Å². The molecule has 1 saturated heterocycles. The van der Waals surface area contributed by atoms with Crippen molar-refractivity contribution >= 4 is 11.9 Å². The smallest absolute Gasteiger partial charge is 0.303 e. The molecule has 0 aliphatic carbocycles. The molecular formula is C16H19N5O3. The Morgan fingerprint density at radius 1 is 1.33 bits per heavy atom. The molecule has 3 rings (SSSR count). The van der Waals surface area contributed by atoms with Crippen molar-refractivity contribution in [3.63, 3.8) is 0 Å². The molecule has 126 valence electrons. The van der Waals surface area contributed by atoms with Gasteiger partial charge in [0.25, 0.3) is 5.91 Å². The van der Waals surface area contributed by atoms with Crippen LogP contribution in [0.4, 0.5) is 0 Å². The van der Waals surface area contributed by atoms with E-state index in [0.29, 0.717) is 30.9 Å². The molecule has 0 spiro atoms. The van der Waals surface area contributed by atoms with Crippen LogP contribution in [0.5, 0.6) is 0 Å². The van der Waals surface area contributed by atoms with Crippen molar-refractivity contribution in [1.82, 2.24) is 24.6 Å². The normalized spacial score (nSPS) is 17.7. The van der Waals surface area contributed by atoms with E-state index in [1.807, 2.05) is 0 Å². The maximum Gasteiger partial charge on any atom is 0.303 e. The first kappa shape index (κ1) is 16.1. The number of hydrogen-bond donors (Lipinski definition) is 1. The van der Waals surface area contributed by atoms with Crippen LogP contribution in [0.3, 0.4) is 0 Å². The highest BCUT2D eigenvalue weighted by Crippen LogP contribution is 2.22. The Hall–Kier alpha value is -2.77. The van der Waals surface area contributed by atoms with Gasteiger partial charge < -0.3 is 10.0 Å². The Kier molecular flexibility index (Phi) is 4.83. The Balaban J connectivity index is 1.64. The van der Waals surface area contributed by atoms with Crippen molar-refractivity contribution in [3.05, 3.63) is 36.5 Å². The topological polar surface area (TPSA) is 101 Å². The Morgan fingerprint density at radius 3 is 2.88 bits per heavy atom. The monoisotopic (exact) mass is 329 g/mol. The minimum atomic E-state index is -0.786. The van der Waals surface area contributed by atoms with Crippen LogP contribution in [0.2, 0.25) is 0 Å². The average molecular weight is 329 g/mol. The van der Waals surface area contributed by atoms with Crippen molar-refractivity contribution < 1.29 is 14.7 Å². The van der Waals surface area contributed by atoms with Gasteiger partial charge in [0.1, 0.15) is 12.7 Å². The van der Waals surface area contributed by atoms with Crippen LogP contribution in [0.1, 0.15) is 36.0 Å². The Labute approximate surface area is 139 Å². The molecule has 1 fully saturated rings. The van der Waals surface area contributed by atoms with Gasteiger partial charge in [0.05, 0.1) is 5.56 Å². The predicted octanol–water partition coefficient (Wildman–Crippen LogP) is 1.38. The van der Waals surface area contributed by atoms with E-state index in [9.17, 15) is 9.59 Å². The van der Waals surface area contributed by atoms with Gasteiger partial charge in [-0.1, -0.05) is 0 Å². The van der Waals surface area contributed by atoms with Gasteiger partial charge in [-0.15, -0.1) is 0 Å². The van der Waals surface area contributed by atoms with Crippen molar-refractivity contribution in [1.29, 1.82) is 0 Å². The van der Waals surface area contributed by atoms with Gasteiger partial charge in [-0.3, -0.25) is 9.59 Å². The van der Waals surface area contributed by atoms with Gasteiger partial charge in [-0.25, -0.2) is 14.6 Å². The number of carboxylic acid groups (broad SMARTS) is 1. The lowest BCUT2D eigenvalue weighted by atomic mass is 9.93. The van der Waals surface area contributed by atoms with Crippen LogP contribution in [-0.2, 0) is 4.79 Å². The lowest BCUT2D eigenvalue weighted by molar-refractivity contribution is -0.137. The third-order valence-corrected chi connectivity index (χ3v) is 4.22. The van der Waals surface area contributed by atoms with Crippen LogP contribution in [0.25, 0.3) is 5.82 Å². The molecule has 3 heterocycles. The van der Waals surface area contributed by atoms with Crippen molar-refractivity contribution in [2.45, 2.75) is 25.7 Å². The molecule has 1 atom stereocenters. The number of carbonyl (C=O) groups is 2. The molecule has 8 nitrogen and oxygen atoms in total. The van der Waals surface area contributed by atoms with Gasteiger partial charge in [0.15, 0.2) is 5.82 Å². The summed E-state index contributed by atoms with van der Waals surface area (Å²) in [6.07, 6.45) is 7.15. The number of hydrogen-bond acceptors (Lipinski definition) is 5. The fraction of sp³-hybridized carbons (Fsp3) is 0.438. The van der Waals surface area contributed by atoms with Crippen LogP contribution in [0, 0.1) is 5.92 Å². The first-order valence-electron chi connectivity index (χ1n) is 7.95. The summed E-state index contributed by atoms with van der Waals surface area (Å²) < 4.78 is 1.52. The summed E-state index contributed by atoms with van der Waals surface area (Å²) in [5, 5.41) is 12.8. The summed E-state index contributed by atoms with van der Waals surface area (Å²) in [5.41, 5.74) is 0.526. The molecule has 2 aromatic rings. The number of likely N-dealkylation sites (tertiary alicyclic amines) is 1. The third-order valence-electron chi connectivity index (χ3n) is 4.22. The zero-order valence-corrected chi connectivity index (χ0v) is 13.2. The van der Waals surface area contributed by atoms with Gasteiger partial charge in [0, 0.05) is 25.7 Å². The van der Waals surface area contributed by atoms with Crippen LogP contribution < -0.4 is 0 Å². The van der Waals surface area contributed by atoms with Gasteiger partial charge in [0.2, 0.25) is 0 Å². The number of piperidine rings is 1. The van der Waals surface area contributed by atoms with Crippen molar-refractivity contribution in [2.24, 2.45) is 5.92 Å². The standard InChI is InChI=1S/C16H19N5O3/c22-15(23)6-3-12-2-1-7-20(9-12)16(24)13-4-5-14(18-8-13)21-11-17-10-19-21/h4-5,8,10-12H,1-3,6-7,9H2,(H,22,23). The molecule has 24 heavy (non-hydrogen) atoms. The highest BCUT2D eigenvalue weighted by molar-refractivity contribution is 5.94. The van der Waals surface area contributed by atoms with E-state index < -0.39 is 5.97 Å². The van der Waals surface area contributed by atoms with Gasteiger partial charge in [-0.2, -0.15) is 5.10 Å². The summed E-state index contributed by atoms with van der Waals surface area (Å²) >= 11 is 0. The first-order valence-corrected chi connectivity index (χ1v) is 7.95. The minimum Gasteiger partial charge on any atom is -0.481 e. The summed E-state index contributed by atoms with van der Waals surface area (Å²) in [6, 6.07) is 3.46. The van der Waals surface area contributed by atoms with E-state index in [0.717, 1.165) is 12.8 Å². The molecule has 1 aliphatic heterocycles. The molecule has 1 amide bonds. The quantitative estimate of drug-likeness (QED) is 0.889. The zero-order valence-electron chi connectivity index (χ0n) is 13.2. The average Bonchev–Trinajstić information content (AvgIpc) is 3.14. The van der Waals surface area contributed by atoms with Gasteiger partial charge >= 0.3 is 5.97 Å². The highest BCUT2D eigenvalue weighted by Gasteiger charge is 2.25. The number of carboxylic acids is 1. The molecule has 1 aliphatic rings. The molecule has 1 unspecified atom stereocenters. The number of aliphatic carboxylic acids is 1. The van der Waals surface area contributed by atoms with Crippen molar-refractivity contribution in [2.75, 3.05) is 13.1 Å². The molecule has 0 bridgehead atoms. The third kappa shape index (κ3) is 3.76. The van der Waals surface area contributed by atoms with Crippen LogP contribution >= 0.6 is 0 Å². The summed E-state index contributed by atoms with van der Waals surface area (Å²) in [5.74, 6) is 0.00206. The number of carbonyl (C=O) groups excluding carboxylic acids is 1. The van der Waals surface area contributed by atoms with E-state index in [2.05, 4.69) is 15.1 Å². The second-order valence-corrected chi connectivity index (χ2v) is 5.94. The molecule has 2 aromatic heterocycles. The summed E-state index contributed by atoms with van der Waals surface area (Å²) in [4.78, 5) is 33.2. The summed E-state index contributed by atoms with van der Waals surface area (Å²) in [7, 11) is 0. The van der Waals surface area contributed by atoms with Gasteiger partial charge in [-0.05, 0) is 37.3 Å². The van der Waals surface area contributed by atoms with E-state index in [1.54, 1.807) is 29.6 Å². The lowest BCUT2D eigenvalue weighted by Gasteiger charge is -2.32. The number of pyridine rings is 1. The number of rotatable bonds is 5. The SMILES string of the molecule is O=C(O)CCC1CCCN(C(=O)c2ccc(-n3cncn3)nc2)C1. The fourth-order valence-corrected chi connectivity index (χ4v) is 2.97. The predicted molar refractivity (Wildman–Crippen MR) is 84.7 cm³/mol. The highest BCUT2D eigenvalue weighted by atomic mass is 16.4. The van der Waals surface area contributed by atoms with Crippen LogP contribution in [0.15, 0.2) is 31.0 Å². The Morgan fingerprint density at radius 2 is 2.21 bits per heavy atom. The van der Waals surface area contributed by atoms with Crippen LogP contribution in [-0.4, -0.2) is 54.7 Å². The maximum atomic E-state index is 12.6. The molecular weight excluding hydrogens is 310 g/mol. The lowest BCUT2D eigenvalue weighted by Crippen LogP contribution is -2.40. The maximum absolute atomic E-state index is 12.6. The van der Waals surface area contributed by atoms with E-state index in [1.165, 1.54) is 11.0 Å². The zero-order chi connectivity index (χ0) is 16.9. The fourth-order valence-electron chi connectivity index (χ4n) is 2.97. The second kappa shape index (κ2) is 7.20. The minimum absolute atomic E-state index is 0.0623. The molecule has 0 radical (unpaired) electrons. The number of nitrogens with zero attached hydrogens (tertiary/aromatic N) is 5. The molecule has 0 saturated carbocycles. The Bertz CT molecular complexity index is 699. The van der Waals surface area contributed by atoms with E-state index >= 15 is 0 Å². The summed E-state index contributed by atoms with van der Waals surface area (Å²) in [6.45, 7) is 1.31. The number of amides is 1.